The second kappa shape index (κ2) is 9.51. The van der Waals surface area contributed by atoms with Crippen molar-refractivity contribution in [1.29, 1.82) is 0 Å². The maximum Gasteiger partial charge on any atom is 0.312 e. The van der Waals surface area contributed by atoms with Crippen molar-refractivity contribution < 1.29 is 19.4 Å². The van der Waals surface area contributed by atoms with Gasteiger partial charge in [0.05, 0.1) is 10.3 Å². The molecule has 0 unspecified atom stereocenters. The number of rotatable bonds is 8. The fraction of sp³-hybridized carbons (Fsp3) is 0.308. The van der Waals surface area contributed by atoms with Crippen molar-refractivity contribution in [2.75, 3.05) is 12.9 Å². The van der Waals surface area contributed by atoms with E-state index in [1.807, 2.05) is 45.2 Å². The maximum absolute atomic E-state index is 12.9. The van der Waals surface area contributed by atoms with Crippen LogP contribution in [-0.2, 0) is 4.79 Å². The van der Waals surface area contributed by atoms with Gasteiger partial charge in [-0.3, -0.25) is 9.59 Å². The van der Waals surface area contributed by atoms with E-state index in [2.05, 4.69) is 18.2 Å². The summed E-state index contributed by atoms with van der Waals surface area (Å²) in [4.78, 5) is 26.2. The lowest BCUT2D eigenvalue weighted by Gasteiger charge is -2.21. The zero-order valence-electron chi connectivity index (χ0n) is 19.2. The van der Waals surface area contributed by atoms with Crippen molar-refractivity contribution in [2.45, 2.75) is 39.5 Å². The summed E-state index contributed by atoms with van der Waals surface area (Å²) >= 11 is 3.23. The van der Waals surface area contributed by atoms with Gasteiger partial charge in [0.25, 0.3) is 0 Å². The molecule has 0 aliphatic heterocycles. The van der Waals surface area contributed by atoms with Crippen LogP contribution in [0.2, 0.25) is 0 Å². The third-order valence-electron chi connectivity index (χ3n) is 5.44. The molecule has 0 amide bonds. The molecule has 0 saturated carbocycles. The Morgan fingerprint density at radius 3 is 2.38 bits per heavy atom. The third-order valence-corrected chi connectivity index (χ3v) is 7.43. The molecular weight excluding hydrogens is 440 g/mol. The molecule has 3 aromatic rings. The van der Waals surface area contributed by atoms with Crippen molar-refractivity contribution in [3.63, 3.8) is 0 Å². The number of aryl methyl sites for hydroxylation is 3. The minimum absolute atomic E-state index is 0.00626. The quantitative estimate of drug-likeness (QED) is 0.220. The Hall–Kier alpha value is -2.57. The van der Waals surface area contributed by atoms with Crippen LogP contribution in [0.1, 0.15) is 45.8 Å². The van der Waals surface area contributed by atoms with Crippen molar-refractivity contribution in [2.24, 2.45) is 5.41 Å². The molecule has 168 valence electrons. The standard InChI is InChI=1S/C26H28O4S2/c1-15-11-18(12-16(2)23(15)30-14-26(4,5)25(28)29)7-10-21(27)24-17(3)20-9-8-19(31-6)13-22(20)32-24/h7-13H,14H2,1-6H3,(H,28,29)/b10-7+. The summed E-state index contributed by atoms with van der Waals surface area (Å²) in [5, 5.41) is 10.4. The lowest BCUT2D eigenvalue weighted by atomic mass is 9.95. The van der Waals surface area contributed by atoms with Gasteiger partial charge in [-0.2, -0.15) is 0 Å². The van der Waals surface area contributed by atoms with Gasteiger partial charge in [-0.25, -0.2) is 0 Å². The van der Waals surface area contributed by atoms with Crippen molar-refractivity contribution in [1.82, 2.24) is 0 Å². The first-order valence-corrected chi connectivity index (χ1v) is 12.3. The molecule has 4 nitrogen and oxygen atoms in total. The molecule has 1 N–H and O–H groups in total. The van der Waals surface area contributed by atoms with E-state index in [1.165, 1.54) is 16.2 Å². The van der Waals surface area contributed by atoms with Gasteiger partial charge in [0.2, 0.25) is 0 Å². The van der Waals surface area contributed by atoms with Crippen LogP contribution in [0, 0.1) is 26.2 Å². The molecule has 0 radical (unpaired) electrons. The number of thiophene rings is 1. The maximum atomic E-state index is 12.9. The summed E-state index contributed by atoms with van der Waals surface area (Å²) in [6.45, 7) is 9.21. The van der Waals surface area contributed by atoms with Crippen LogP contribution in [0.3, 0.4) is 0 Å². The highest BCUT2D eigenvalue weighted by atomic mass is 32.2. The summed E-state index contributed by atoms with van der Waals surface area (Å²) < 4.78 is 6.97. The van der Waals surface area contributed by atoms with E-state index in [4.69, 9.17) is 4.74 Å². The monoisotopic (exact) mass is 468 g/mol. The van der Waals surface area contributed by atoms with Crippen LogP contribution in [0.15, 0.2) is 41.3 Å². The zero-order valence-corrected chi connectivity index (χ0v) is 20.9. The highest BCUT2D eigenvalue weighted by Gasteiger charge is 2.28. The first kappa shape index (κ1) is 24.1. The number of benzene rings is 2. The van der Waals surface area contributed by atoms with Gasteiger partial charge in [0, 0.05) is 9.60 Å². The number of ketones is 1. The number of fused-ring (bicyclic) bond motifs is 1. The van der Waals surface area contributed by atoms with E-state index < -0.39 is 11.4 Å². The third kappa shape index (κ3) is 5.08. The topological polar surface area (TPSA) is 63.6 Å². The molecule has 6 heteroatoms. The molecule has 1 aromatic heterocycles. The Bertz CT molecular complexity index is 1200. The lowest BCUT2D eigenvalue weighted by molar-refractivity contribution is -0.148. The molecule has 0 aliphatic carbocycles. The van der Waals surface area contributed by atoms with Crippen molar-refractivity contribution in [3.05, 3.63) is 63.5 Å². The van der Waals surface area contributed by atoms with E-state index in [9.17, 15) is 14.7 Å². The average Bonchev–Trinajstić information content (AvgIpc) is 3.07. The number of thioether (sulfide) groups is 1. The summed E-state index contributed by atoms with van der Waals surface area (Å²) in [6.07, 6.45) is 5.49. The van der Waals surface area contributed by atoms with Gasteiger partial charge in [0.15, 0.2) is 5.78 Å². The predicted octanol–water partition coefficient (Wildman–Crippen LogP) is 6.93. The highest BCUT2D eigenvalue weighted by Crippen LogP contribution is 2.34. The number of carbonyl (C=O) groups is 2. The van der Waals surface area contributed by atoms with E-state index >= 15 is 0 Å². The summed E-state index contributed by atoms with van der Waals surface area (Å²) in [7, 11) is 0. The Morgan fingerprint density at radius 1 is 1.12 bits per heavy atom. The zero-order chi connectivity index (χ0) is 23.6. The van der Waals surface area contributed by atoms with Gasteiger partial charge in [-0.15, -0.1) is 23.1 Å². The second-order valence-corrected chi connectivity index (χ2v) is 10.5. The average molecular weight is 469 g/mol. The Labute approximate surface area is 197 Å². The molecule has 0 bridgehead atoms. The normalized spacial score (nSPS) is 11.9. The number of carbonyl (C=O) groups excluding carboxylic acids is 1. The summed E-state index contributed by atoms with van der Waals surface area (Å²) in [6, 6.07) is 10.2. The SMILES string of the molecule is CSc1ccc2c(C)c(C(=O)/C=C/c3cc(C)c(OCC(C)(C)C(=O)O)c(C)c3)sc2c1. The van der Waals surface area contributed by atoms with E-state index in [1.54, 1.807) is 31.7 Å². The lowest BCUT2D eigenvalue weighted by Crippen LogP contribution is -2.31. The Balaban J connectivity index is 1.81. The van der Waals surface area contributed by atoms with Gasteiger partial charge in [-0.1, -0.05) is 12.1 Å². The molecule has 32 heavy (non-hydrogen) atoms. The van der Waals surface area contributed by atoms with Crippen LogP contribution in [0.25, 0.3) is 16.2 Å². The number of hydrogen-bond donors (Lipinski definition) is 1. The van der Waals surface area contributed by atoms with Crippen molar-refractivity contribution in [3.8, 4) is 5.75 Å². The molecule has 3 rings (SSSR count). The Morgan fingerprint density at radius 2 is 1.78 bits per heavy atom. The number of allylic oxidation sites excluding steroid dienone is 1. The minimum atomic E-state index is -0.970. The molecule has 0 fully saturated rings. The van der Waals surface area contributed by atoms with Gasteiger partial charge >= 0.3 is 5.97 Å². The van der Waals surface area contributed by atoms with Crippen LogP contribution < -0.4 is 4.74 Å². The minimum Gasteiger partial charge on any atom is -0.492 e. The second-order valence-electron chi connectivity index (χ2n) is 8.58. The number of carboxylic acid groups (broad SMARTS) is 1. The molecule has 0 saturated heterocycles. The molecule has 0 spiro atoms. The van der Waals surface area contributed by atoms with Gasteiger partial charge < -0.3 is 9.84 Å². The smallest absolute Gasteiger partial charge is 0.312 e. The van der Waals surface area contributed by atoms with E-state index in [0.29, 0.717) is 5.75 Å². The van der Waals surface area contributed by atoms with Gasteiger partial charge in [-0.05, 0) is 98.9 Å². The number of aliphatic carboxylic acids is 1. The van der Waals surface area contributed by atoms with Gasteiger partial charge in [0.1, 0.15) is 12.4 Å². The first-order valence-electron chi connectivity index (χ1n) is 10.3. The number of ether oxygens (including phenoxy) is 1. The van der Waals surface area contributed by atoms with Crippen LogP contribution >= 0.6 is 23.1 Å². The first-order chi connectivity index (χ1) is 15.0. The largest absolute Gasteiger partial charge is 0.492 e. The Kier molecular flexibility index (Phi) is 7.16. The van der Waals surface area contributed by atoms with E-state index in [0.717, 1.165) is 37.2 Å². The van der Waals surface area contributed by atoms with Crippen LogP contribution in [0.4, 0.5) is 0 Å². The molecule has 2 aromatic carbocycles. The van der Waals surface area contributed by atoms with Crippen LogP contribution in [-0.4, -0.2) is 29.7 Å². The molecular formula is C26H28O4S2. The van der Waals surface area contributed by atoms with E-state index in [-0.39, 0.29) is 12.4 Å². The number of hydrogen-bond acceptors (Lipinski definition) is 5. The molecule has 0 atom stereocenters. The predicted molar refractivity (Wildman–Crippen MR) is 135 cm³/mol. The molecule has 0 aliphatic rings. The summed E-state index contributed by atoms with van der Waals surface area (Å²) in [5.41, 5.74) is 2.76. The molecule has 1 heterocycles. The fourth-order valence-corrected chi connectivity index (χ4v) is 5.12. The van der Waals surface area contributed by atoms with Crippen molar-refractivity contribution >= 4 is 51.0 Å². The summed E-state index contributed by atoms with van der Waals surface area (Å²) in [5.74, 6) is -0.215. The van der Waals surface area contributed by atoms with Crippen LogP contribution in [0.5, 0.6) is 5.75 Å². The highest BCUT2D eigenvalue weighted by molar-refractivity contribution is 7.98. The number of carboxylic acids is 1. The fourth-order valence-electron chi connectivity index (χ4n) is 3.44.